The van der Waals surface area contributed by atoms with E-state index in [-0.39, 0.29) is 6.42 Å². The van der Waals surface area contributed by atoms with Gasteiger partial charge < -0.3 is 0 Å². The average Bonchev–Trinajstić information content (AvgIpc) is 1.65. The summed E-state index contributed by atoms with van der Waals surface area (Å²) in [7, 11) is 0. The average molecular weight is 124 g/mol. The maximum absolute atomic E-state index is 11.9. The monoisotopic (exact) mass is 124 g/mol. The Morgan fingerprint density at radius 3 is 2.00 bits per heavy atom. The van der Waals surface area contributed by atoms with Crippen LogP contribution in [0, 0.1) is 5.92 Å². The van der Waals surface area contributed by atoms with E-state index in [0.717, 1.165) is 0 Å². The Bertz CT molecular complexity index is 99.8. The summed E-state index contributed by atoms with van der Waals surface area (Å²) < 4.78 is 35.6. The lowest BCUT2D eigenvalue weighted by Gasteiger charge is -2.36. The van der Waals surface area contributed by atoms with E-state index in [4.69, 9.17) is 0 Å². The van der Waals surface area contributed by atoms with E-state index in [0.29, 0.717) is 0 Å². The van der Waals surface area contributed by atoms with Crippen molar-refractivity contribution < 1.29 is 13.2 Å². The molecule has 1 saturated carbocycles. The Hall–Kier alpha value is -0.210. The fourth-order valence-electron chi connectivity index (χ4n) is 0.901. The van der Waals surface area contributed by atoms with Gasteiger partial charge in [0, 0.05) is 6.42 Å². The van der Waals surface area contributed by atoms with E-state index >= 15 is 0 Å². The van der Waals surface area contributed by atoms with Crippen LogP contribution in [0.5, 0.6) is 0 Å². The van der Waals surface area contributed by atoms with Crippen LogP contribution in [0.2, 0.25) is 0 Å². The molecule has 1 fully saturated rings. The van der Waals surface area contributed by atoms with Crippen molar-refractivity contribution in [1.29, 1.82) is 0 Å². The Labute approximate surface area is 45.7 Å². The molecule has 0 aliphatic heterocycles. The minimum absolute atomic E-state index is 0.284. The summed E-state index contributed by atoms with van der Waals surface area (Å²) in [6, 6.07) is 0. The zero-order chi connectivity index (χ0) is 6.36. The molecule has 1 aliphatic carbocycles. The number of alkyl halides is 3. The van der Waals surface area contributed by atoms with Gasteiger partial charge in [-0.15, -0.1) is 0 Å². The van der Waals surface area contributed by atoms with Crippen LogP contribution in [0.15, 0.2) is 0 Å². The second kappa shape index (κ2) is 1.39. The summed E-state index contributed by atoms with van der Waals surface area (Å²) >= 11 is 0. The third-order valence-electron chi connectivity index (χ3n) is 1.50. The van der Waals surface area contributed by atoms with Crippen molar-refractivity contribution in [3.05, 3.63) is 0 Å². The molecule has 3 heteroatoms. The third-order valence-corrected chi connectivity index (χ3v) is 1.50. The van der Waals surface area contributed by atoms with Crippen LogP contribution < -0.4 is 0 Å². The van der Waals surface area contributed by atoms with Crippen molar-refractivity contribution in [3.63, 3.8) is 0 Å². The van der Waals surface area contributed by atoms with Gasteiger partial charge >= 0.3 is 0 Å². The topological polar surface area (TPSA) is 0 Å². The van der Waals surface area contributed by atoms with Crippen LogP contribution in [0.1, 0.15) is 13.3 Å². The SMILES string of the molecule is CC1CC(F)(F)C1F. The highest BCUT2D eigenvalue weighted by molar-refractivity contribution is 4.93. The lowest BCUT2D eigenvalue weighted by molar-refractivity contribution is -0.176. The van der Waals surface area contributed by atoms with Crippen molar-refractivity contribution in [3.8, 4) is 0 Å². The van der Waals surface area contributed by atoms with Crippen molar-refractivity contribution >= 4 is 0 Å². The Morgan fingerprint density at radius 1 is 1.50 bits per heavy atom. The Morgan fingerprint density at radius 2 is 2.00 bits per heavy atom. The predicted octanol–water partition coefficient (Wildman–Crippen LogP) is 2.00. The highest BCUT2D eigenvalue weighted by Gasteiger charge is 2.54. The fourth-order valence-corrected chi connectivity index (χ4v) is 0.901. The fraction of sp³-hybridized carbons (Fsp3) is 1.00. The lowest BCUT2D eigenvalue weighted by atomic mass is 9.81. The van der Waals surface area contributed by atoms with Gasteiger partial charge in [0.25, 0.3) is 5.92 Å². The molecule has 1 aliphatic rings. The molecular weight excluding hydrogens is 117 g/mol. The summed E-state index contributed by atoms with van der Waals surface area (Å²) in [5.74, 6) is -3.45. The normalized spacial score (nSPS) is 43.5. The summed E-state index contributed by atoms with van der Waals surface area (Å²) in [5, 5.41) is 0. The maximum Gasteiger partial charge on any atom is 0.279 e. The van der Waals surface area contributed by atoms with Gasteiger partial charge in [0.2, 0.25) is 0 Å². The molecule has 0 aromatic rings. The molecule has 48 valence electrons. The van der Waals surface area contributed by atoms with Gasteiger partial charge in [-0.1, -0.05) is 6.92 Å². The molecule has 2 atom stereocenters. The van der Waals surface area contributed by atoms with Crippen molar-refractivity contribution in [1.82, 2.24) is 0 Å². The van der Waals surface area contributed by atoms with E-state index < -0.39 is 18.0 Å². The minimum atomic E-state index is -3.01. The van der Waals surface area contributed by atoms with Crippen molar-refractivity contribution in [2.24, 2.45) is 5.92 Å². The molecule has 0 radical (unpaired) electrons. The zero-order valence-electron chi connectivity index (χ0n) is 4.50. The maximum atomic E-state index is 11.9. The quantitative estimate of drug-likeness (QED) is 0.463. The van der Waals surface area contributed by atoms with Crippen LogP contribution in [-0.2, 0) is 0 Å². The Balaban J connectivity index is 2.47. The summed E-state index contributed by atoms with van der Waals surface area (Å²) in [6.45, 7) is 1.49. The molecule has 0 spiro atoms. The molecule has 0 N–H and O–H groups in total. The highest BCUT2D eigenvalue weighted by atomic mass is 19.3. The highest BCUT2D eigenvalue weighted by Crippen LogP contribution is 2.44. The van der Waals surface area contributed by atoms with Gasteiger partial charge in [0.05, 0.1) is 0 Å². The van der Waals surface area contributed by atoms with Crippen LogP contribution in [-0.4, -0.2) is 12.1 Å². The molecule has 0 aromatic heterocycles. The van der Waals surface area contributed by atoms with Gasteiger partial charge in [0.1, 0.15) is 0 Å². The second-order valence-electron chi connectivity index (χ2n) is 2.34. The summed E-state index contributed by atoms with van der Waals surface area (Å²) in [5.41, 5.74) is 0. The number of hydrogen-bond donors (Lipinski definition) is 0. The van der Waals surface area contributed by atoms with Crippen LogP contribution in [0.25, 0.3) is 0 Å². The largest absolute Gasteiger partial charge is 0.279 e. The first-order valence-electron chi connectivity index (χ1n) is 2.56. The molecular formula is C5H7F3. The zero-order valence-corrected chi connectivity index (χ0v) is 4.50. The first-order valence-corrected chi connectivity index (χ1v) is 2.56. The van der Waals surface area contributed by atoms with Crippen LogP contribution in [0.4, 0.5) is 13.2 Å². The molecule has 0 bridgehead atoms. The third kappa shape index (κ3) is 0.607. The molecule has 0 aromatic carbocycles. The number of hydrogen-bond acceptors (Lipinski definition) is 0. The van der Waals surface area contributed by atoms with Gasteiger partial charge in [-0.2, -0.15) is 0 Å². The summed E-state index contributed by atoms with van der Waals surface area (Å²) in [4.78, 5) is 0. The first-order chi connectivity index (χ1) is 3.54. The van der Waals surface area contributed by atoms with E-state index in [9.17, 15) is 13.2 Å². The van der Waals surface area contributed by atoms with Gasteiger partial charge in [0.15, 0.2) is 6.17 Å². The molecule has 2 unspecified atom stereocenters. The standard InChI is InChI=1S/C5H7F3/c1-3-2-5(7,8)4(3)6/h3-4H,2H2,1H3. The van der Waals surface area contributed by atoms with Gasteiger partial charge in [-0.25, -0.2) is 13.2 Å². The molecule has 0 heterocycles. The van der Waals surface area contributed by atoms with Crippen molar-refractivity contribution in [2.45, 2.75) is 25.4 Å². The second-order valence-corrected chi connectivity index (χ2v) is 2.34. The van der Waals surface area contributed by atoms with Gasteiger partial charge in [-0.05, 0) is 5.92 Å². The predicted molar refractivity (Wildman–Crippen MR) is 23.6 cm³/mol. The minimum Gasteiger partial charge on any atom is -0.241 e. The molecule has 0 amide bonds. The van der Waals surface area contributed by atoms with E-state index in [1.807, 2.05) is 0 Å². The van der Waals surface area contributed by atoms with E-state index in [1.165, 1.54) is 6.92 Å². The summed E-state index contributed by atoms with van der Waals surface area (Å²) in [6.07, 6.45) is -2.17. The first kappa shape index (κ1) is 5.92. The van der Waals surface area contributed by atoms with Crippen LogP contribution >= 0.6 is 0 Å². The smallest absolute Gasteiger partial charge is 0.241 e. The lowest BCUT2D eigenvalue weighted by Crippen LogP contribution is -2.47. The number of halogens is 3. The molecule has 1 rings (SSSR count). The van der Waals surface area contributed by atoms with E-state index in [1.54, 1.807) is 0 Å². The molecule has 0 nitrogen and oxygen atoms in total. The van der Waals surface area contributed by atoms with Crippen molar-refractivity contribution in [2.75, 3.05) is 0 Å². The number of rotatable bonds is 0. The Kier molecular flexibility index (Phi) is 1.03. The van der Waals surface area contributed by atoms with Gasteiger partial charge in [-0.3, -0.25) is 0 Å². The molecule has 0 saturated heterocycles. The van der Waals surface area contributed by atoms with E-state index in [2.05, 4.69) is 0 Å². The van der Waals surface area contributed by atoms with Crippen LogP contribution in [0.3, 0.4) is 0 Å². The molecule has 8 heavy (non-hydrogen) atoms.